The largest absolute Gasteiger partial charge is 0.397 e. The van der Waals surface area contributed by atoms with E-state index in [1.165, 1.54) is 22.3 Å². The minimum Gasteiger partial charge on any atom is -0.397 e. The van der Waals surface area contributed by atoms with Crippen LogP contribution in [0, 0.1) is 27.7 Å². The molecule has 0 amide bonds. The number of nitrogens with zero attached hydrogens (tertiary/aromatic N) is 2. The molecule has 2 heterocycles. The standard InChI is InChI=1S/C18H21N3/c1-10-6-11(2)16(12(3)7-10)14-9-21(5)18-15(19)8-13(4)20-17(14)18/h6-9H,1-5H3,(H2,19,20). The summed E-state index contributed by atoms with van der Waals surface area (Å²) in [6.07, 6.45) is 2.14. The highest BCUT2D eigenvalue weighted by atomic mass is 15.0. The summed E-state index contributed by atoms with van der Waals surface area (Å²) in [4.78, 5) is 4.74. The average Bonchev–Trinajstić information content (AvgIpc) is 2.65. The van der Waals surface area contributed by atoms with Crippen molar-refractivity contribution in [1.29, 1.82) is 0 Å². The van der Waals surface area contributed by atoms with Gasteiger partial charge in [0.2, 0.25) is 0 Å². The molecule has 0 saturated carbocycles. The third-order valence-corrected chi connectivity index (χ3v) is 4.03. The first-order chi connectivity index (χ1) is 9.88. The smallest absolute Gasteiger partial charge is 0.0983 e. The molecule has 0 spiro atoms. The van der Waals surface area contributed by atoms with Crippen molar-refractivity contribution in [2.45, 2.75) is 27.7 Å². The Kier molecular flexibility index (Phi) is 3.01. The van der Waals surface area contributed by atoms with Crippen LogP contribution in [-0.2, 0) is 7.05 Å². The van der Waals surface area contributed by atoms with E-state index in [4.69, 9.17) is 10.7 Å². The first-order valence-corrected chi connectivity index (χ1v) is 7.19. The summed E-state index contributed by atoms with van der Waals surface area (Å²) in [5.74, 6) is 0. The molecule has 2 aromatic heterocycles. The van der Waals surface area contributed by atoms with E-state index in [0.717, 1.165) is 28.0 Å². The fourth-order valence-electron chi connectivity index (χ4n) is 3.36. The van der Waals surface area contributed by atoms with E-state index in [2.05, 4.69) is 43.7 Å². The zero-order valence-electron chi connectivity index (χ0n) is 13.3. The lowest BCUT2D eigenvalue weighted by Crippen LogP contribution is -1.95. The zero-order chi connectivity index (χ0) is 15.3. The quantitative estimate of drug-likeness (QED) is 0.730. The summed E-state index contributed by atoms with van der Waals surface area (Å²) in [6, 6.07) is 6.38. The molecule has 0 aliphatic rings. The fourth-order valence-corrected chi connectivity index (χ4v) is 3.36. The van der Waals surface area contributed by atoms with E-state index in [1.807, 2.05) is 20.0 Å². The number of hydrogen-bond acceptors (Lipinski definition) is 2. The van der Waals surface area contributed by atoms with Gasteiger partial charge in [-0.2, -0.15) is 0 Å². The molecule has 0 aliphatic heterocycles. The highest BCUT2D eigenvalue weighted by Gasteiger charge is 2.16. The third-order valence-electron chi connectivity index (χ3n) is 4.03. The maximum absolute atomic E-state index is 6.19. The second-order valence-electron chi connectivity index (χ2n) is 5.98. The van der Waals surface area contributed by atoms with E-state index in [0.29, 0.717) is 0 Å². The van der Waals surface area contributed by atoms with Crippen molar-refractivity contribution < 1.29 is 0 Å². The minimum absolute atomic E-state index is 0.786. The molecule has 3 rings (SSSR count). The van der Waals surface area contributed by atoms with Gasteiger partial charge in [-0.3, -0.25) is 4.98 Å². The lowest BCUT2D eigenvalue weighted by Gasteiger charge is -2.10. The van der Waals surface area contributed by atoms with Crippen LogP contribution in [0.1, 0.15) is 22.4 Å². The Hall–Kier alpha value is -2.29. The van der Waals surface area contributed by atoms with Crippen LogP contribution in [-0.4, -0.2) is 9.55 Å². The van der Waals surface area contributed by atoms with Crippen LogP contribution >= 0.6 is 0 Å². The predicted molar refractivity (Wildman–Crippen MR) is 89.5 cm³/mol. The van der Waals surface area contributed by atoms with Crippen molar-refractivity contribution in [3.8, 4) is 11.1 Å². The van der Waals surface area contributed by atoms with Gasteiger partial charge in [0.1, 0.15) is 0 Å². The monoisotopic (exact) mass is 279 g/mol. The van der Waals surface area contributed by atoms with Gasteiger partial charge in [0.05, 0.1) is 16.7 Å². The number of benzene rings is 1. The van der Waals surface area contributed by atoms with E-state index >= 15 is 0 Å². The molecule has 0 saturated heterocycles. The first kappa shape index (κ1) is 13.7. The number of nitrogens with two attached hydrogens (primary N) is 1. The number of nitrogen functional groups attached to an aromatic ring is 1. The Labute approximate surface area is 125 Å². The topological polar surface area (TPSA) is 43.8 Å². The summed E-state index contributed by atoms with van der Waals surface area (Å²) in [5.41, 5.74) is 16.2. The molecule has 0 atom stereocenters. The van der Waals surface area contributed by atoms with Crippen LogP contribution in [0.3, 0.4) is 0 Å². The maximum atomic E-state index is 6.19. The molecule has 108 valence electrons. The van der Waals surface area contributed by atoms with Gasteiger partial charge in [-0.15, -0.1) is 0 Å². The molecule has 1 aromatic carbocycles. The number of fused-ring (bicyclic) bond motifs is 1. The van der Waals surface area contributed by atoms with Gasteiger partial charge in [-0.05, 0) is 50.5 Å². The molecule has 3 nitrogen and oxygen atoms in total. The van der Waals surface area contributed by atoms with Crippen LogP contribution in [0.2, 0.25) is 0 Å². The molecule has 0 unspecified atom stereocenters. The molecule has 0 bridgehead atoms. The van der Waals surface area contributed by atoms with E-state index in [-0.39, 0.29) is 0 Å². The second kappa shape index (κ2) is 4.62. The summed E-state index contributed by atoms with van der Waals surface area (Å²) in [5, 5.41) is 0. The molecule has 0 radical (unpaired) electrons. The van der Waals surface area contributed by atoms with Crippen molar-refractivity contribution in [1.82, 2.24) is 9.55 Å². The molecular formula is C18H21N3. The molecule has 0 aliphatic carbocycles. The normalized spacial score (nSPS) is 11.3. The Morgan fingerprint density at radius 3 is 2.24 bits per heavy atom. The highest BCUT2D eigenvalue weighted by molar-refractivity contribution is 6.00. The predicted octanol–water partition coefficient (Wildman–Crippen LogP) is 4.06. The van der Waals surface area contributed by atoms with E-state index in [1.54, 1.807) is 0 Å². The number of pyridine rings is 1. The molecule has 3 aromatic rings. The highest BCUT2D eigenvalue weighted by Crippen LogP contribution is 2.36. The summed E-state index contributed by atoms with van der Waals surface area (Å²) >= 11 is 0. The first-order valence-electron chi connectivity index (χ1n) is 7.19. The Morgan fingerprint density at radius 1 is 1.00 bits per heavy atom. The third kappa shape index (κ3) is 2.09. The average molecular weight is 279 g/mol. The molecule has 2 N–H and O–H groups in total. The number of rotatable bonds is 1. The molecule has 3 heteroatoms. The number of aromatic nitrogens is 2. The van der Waals surface area contributed by atoms with Crippen molar-refractivity contribution >= 4 is 16.7 Å². The Morgan fingerprint density at radius 2 is 1.62 bits per heavy atom. The molecule has 0 fully saturated rings. The number of aryl methyl sites for hydroxylation is 5. The Balaban J connectivity index is 2.42. The van der Waals surface area contributed by atoms with Gasteiger partial charge >= 0.3 is 0 Å². The van der Waals surface area contributed by atoms with E-state index < -0.39 is 0 Å². The van der Waals surface area contributed by atoms with E-state index in [9.17, 15) is 0 Å². The van der Waals surface area contributed by atoms with Crippen LogP contribution < -0.4 is 5.73 Å². The zero-order valence-corrected chi connectivity index (χ0v) is 13.3. The maximum Gasteiger partial charge on any atom is 0.0983 e. The van der Waals surface area contributed by atoms with Crippen molar-refractivity contribution in [2.24, 2.45) is 7.05 Å². The van der Waals surface area contributed by atoms with Crippen LogP contribution in [0.4, 0.5) is 5.69 Å². The lowest BCUT2D eigenvalue weighted by atomic mass is 9.95. The Bertz CT molecular complexity index is 834. The van der Waals surface area contributed by atoms with Gasteiger partial charge in [0.15, 0.2) is 0 Å². The van der Waals surface area contributed by atoms with Crippen LogP contribution in [0.25, 0.3) is 22.2 Å². The van der Waals surface area contributed by atoms with Gasteiger partial charge in [0.25, 0.3) is 0 Å². The van der Waals surface area contributed by atoms with Gasteiger partial charge in [-0.25, -0.2) is 0 Å². The molecular weight excluding hydrogens is 258 g/mol. The SMILES string of the molecule is Cc1cc(C)c(-c2cn(C)c3c(N)cc(C)nc23)c(C)c1. The van der Waals surface area contributed by atoms with Gasteiger partial charge in [0, 0.05) is 24.5 Å². The van der Waals surface area contributed by atoms with Gasteiger partial charge < -0.3 is 10.3 Å². The lowest BCUT2D eigenvalue weighted by molar-refractivity contribution is 0.969. The second-order valence-corrected chi connectivity index (χ2v) is 5.98. The molecule has 21 heavy (non-hydrogen) atoms. The number of hydrogen-bond donors (Lipinski definition) is 1. The van der Waals surface area contributed by atoms with Crippen molar-refractivity contribution in [3.63, 3.8) is 0 Å². The number of anilines is 1. The van der Waals surface area contributed by atoms with Crippen molar-refractivity contribution in [2.75, 3.05) is 5.73 Å². The van der Waals surface area contributed by atoms with Crippen molar-refractivity contribution in [3.05, 3.63) is 46.8 Å². The fraction of sp³-hybridized carbons (Fsp3) is 0.278. The minimum atomic E-state index is 0.786. The van der Waals surface area contributed by atoms with Gasteiger partial charge in [-0.1, -0.05) is 17.7 Å². The van der Waals surface area contributed by atoms with Crippen LogP contribution in [0.5, 0.6) is 0 Å². The summed E-state index contributed by atoms with van der Waals surface area (Å²) in [7, 11) is 2.03. The van der Waals surface area contributed by atoms with Crippen LogP contribution in [0.15, 0.2) is 24.4 Å². The summed E-state index contributed by atoms with van der Waals surface area (Å²) < 4.78 is 2.07. The summed E-state index contributed by atoms with van der Waals surface area (Å²) in [6.45, 7) is 8.44.